The Morgan fingerprint density at radius 2 is 2.19 bits per heavy atom. The molecule has 2 atom stereocenters. The van der Waals surface area contributed by atoms with Crippen LogP contribution < -0.4 is 5.73 Å². The number of hydrogen-bond acceptors (Lipinski definition) is 6. The second-order valence-corrected chi connectivity index (χ2v) is 7.14. The summed E-state index contributed by atoms with van der Waals surface area (Å²) in [6, 6.07) is -0.441. The Bertz CT molecular complexity index is 305. The van der Waals surface area contributed by atoms with E-state index in [0.29, 0.717) is 13.0 Å². The van der Waals surface area contributed by atoms with Gasteiger partial charge in [-0.3, -0.25) is 10.5 Å². The fourth-order valence-electron chi connectivity index (χ4n) is 2.11. The molecule has 0 aliphatic carbocycles. The Morgan fingerprint density at radius 3 is 2.69 bits per heavy atom. The molecule has 1 spiro atoms. The minimum atomic E-state index is -1.52. The highest BCUT2D eigenvalue weighted by Crippen LogP contribution is 2.51. The molecule has 2 rings (SSSR count). The first-order valence-corrected chi connectivity index (χ1v) is 7.02. The van der Waals surface area contributed by atoms with E-state index in [4.69, 9.17) is 10.8 Å². The molecule has 2 heterocycles. The van der Waals surface area contributed by atoms with E-state index in [1.54, 1.807) is 23.5 Å². The van der Waals surface area contributed by atoms with Gasteiger partial charge < -0.3 is 14.8 Å². The molecule has 5 nitrogen and oxygen atoms in total. The number of hydrogen-bond donors (Lipinski definition) is 2. The van der Waals surface area contributed by atoms with Crippen molar-refractivity contribution in [2.75, 3.05) is 18.1 Å². The smallest absolute Gasteiger partial charge is 0.267 e. The van der Waals surface area contributed by atoms with Crippen molar-refractivity contribution in [2.45, 2.75) is 22.8 Å². The van der Waals surface area contributed by atoms with Gasteiger partial charge in [-0.15, -0.1) is 23.5 Å². The van der Waals surface area contributed by atoms with Crippen LogP contribution in [0.2, 0.25) is 0 Å². The summed E-state index contributed by atoms with van der Waals surface area (Å²) >= 11 is 3.58. The van der Waals surface area contributed by atoms with E-state index < -0.39 is 18.2 Å². The van der Waals surface area contributed by atoms with E-state index in [1.807, 2.05) is 0 Å². The number of likely N-dealkylation sites (tertiary alicyclic amines) is 1. The number of aliphatic hydroxyl groups is 1. The number of amides is 1. The number of carbonyl (C=O) groups excluding carboxylic acids is 2. The van der Waals surface area contributed by atoms with Crippen molar-refractivity contribution in [3.8, 4) is 0 Å². The SMILES string of the molecule is N[C@@H](O)C(=O)N1CC2(C[C@H]1C=O)SCCS2. The predicted molar refractivity (Wildman–Crippen MR) is 64.0 cm³/mol. The van der Waals surface area contributed by atoms with E-state index in [0.717, 1.165) is 17.8 Å². The molecule has 3 N–H and O–H groups in total. The third kappa shape index (κ3) is 2.09. The van der Waals surface area contributed by atoms with Crippen molar-refractivity contribution in [3.05, 3.63) is 0 Å². The lowest BCUT2D eigenvalue weighted by Crippen LogP contribution is -2.46. The van der Waals surface area contributed by atoms with E-state index in [2.05, 4.69) is 0 Å². The highest BCUT2D eigenvalue weighted by atomic mass is 32.2. The maximum absolute atomic E-state index is 11.6. The molecule has 7 heteroatoms. The molecule has 2 aliphatic rings. The lowest BCUT2D eigenvalue weighted by atomic mass is 10.2. The molecule has 0 aromatic heterocycles. The van der Waals surface area contributed by atoms with Crippen molar-refractivity contribution in [1.29, 1.82) is 0 Å². The standard InChI is InChI=1S/C9H14N2O3S2/c10-7(13)8(14)11-5-9(3-6(11)4-12)15-1-2-16-9/h4,6-7,13H,1-3,5,10H2/t6-,7-/m0/s1. The number of aldehydes is 1. The van der Waals surface area contributed by atoms with E-state index in [9.17, 15) is 9.59 Å². The maximum atomic E-state index is 11.6. The van der Waals surface area contributed by atoms with Gasteiger partial charge in [-0.05, 0) is 0 Å². The van der Waals surface area contributed by atoms with Crippen LogP contribution >= 0.6 is 23.5 Å². The summed E-state index contributed by atoms with van der Waals surface area (Å²) in [6.07, 6.45) is -0.0901. The molecule has 0 unspecified atom stereocenters. The van der Waals surface area contributed by atoms with Crippen LogP contribution in [0.25, 0.3) is 0 Å². The molecular formula is C9H14N2O3S2. The highest BCUT2D eigenvalue weighted by molar-refractivity contribution is 8.21. The van der Waals surface area contributed by atoms with Crippen molar-refractivity contribution >= 4 is 35.7 Å². The highest BCUT2D eigenvalue weighted by Gasteiger charge is 2.49. The monoisotopic (exact) mass is 262 g/mol. The van der Waals surface area contributed by atoms with Gasteiger partial charge in [0, 0.05) is 24.5 Å². The third-order valence-corrected chi connectivity index (χ3v) is 6.26. The molecule has 0 saturated carbocycles. The summed E-state index contributed by atoms with van der Waals surface area (Å²) < 4.78 is -0.0594. The van der Waals surface area contributed by atoms with Gasteiger partial charge in [0.25, 0.3) is 5.91 Å². The summed E-state index contributed by atoms with van der Waals surface area (Å²) in [6.45, 7) is 0.499. The second kappa shape index (κ2) is 4.56. The molecule has 2 aliphatic heterocycles. The number of nitrogens with zero attached hydrogens (tertiary/aromatic N) is 1. The Labute approximate surface area is 102 Å². The zero-order chi connectivity index (χ0) is 11.8. The van der Waals surface area contributed by atoms with Crippen LogP contribution in [-0.2, 0) is 9.59 Å². The van der Waals surface area contributed by atoms with Crippen molar-refractivity contribution < 1.29 is 14.7 Å². The summed E-state index contributed by atoms with van der Waals surface area (Å²) in [5.41, 5.74) is 5.15. The predicted octanol–water partition coefficient (Wildman–Crippen LogP) is -0.760. The number of nitrogens with two attached hydrogens (primary N) is 1. The summed E-state index contributed by atoms with van der Waals surface area (Å²) in [5.74, 6) is 1.54. The number of thioether (sulfide) groups is 2. The largest absolute Gasteiger partial charge is 0.370 e. The fraction of sp³-hybridized carbons (Fsp3) is 0.778. The van der Waals surface area contributed by atoms with Crippen molar-refractivity contribution in [2.24, 2.45) is 5.73 Å². The molecule has 90 valence electrons. The molecule has 0 bridgehead atoms. The van der Waals surface area contributed by atoms with Gasteiger partial charge in [-0.2, -0.15) is 0 Å². The minimum Gasteiger partial charge on any atom is -0.370 e. The second-order valence-electron chi connectivity index (χ2n) is 3.93. The molecule has 2 fully saturated rings. The van der Waals surface area contributed by atoms with Crippen LogP contribution in [-0.4, -0.2) is 56.6 Å². The normalized spacial score (nSPS) is 29.6. The zero-order valence-corrected chi connectivity index (χ0v) is 10.3. The molecule has 0 aromatic carbocycles. The molecule has 0 radical (unpaired) electrons. The first-order chi connectivity index (χ1) is 7.58. The maximum Gasteiger partial charge on any atom is 0.267 e. The average Bonchev–Trinajstić information content (AvgIpc) is 2.85. The summed E-state index contributed by atoms with van der Waals surface area (Å²) in [4.78, 5) is 24.0. The lowest BCUT2D eigenvalue weighted by Gasteiger charge is -2.23. The van der Waals surface area contributed by atoms with Crippen LogP contribution in [0.15, 0.2) is 0 Å². The van der Waals surface area contributed by atoms with Crippen molar-refractivity contribution in [3.63, 3.8) is 0 Å². The lowest BCUT2D eigenvalue weighted by molar-refractivity contribution is -0.142. The van der Waals surface area contributed by atoms with Crippen molar-refractivity contribution in [1.82, 2.24) is 4.90 Å². The first-order valence-electron chi connectivity index (χ1n) is 5.05. The quantitative estimate of drug-likeness (QED) is 0.503. The number of aliphatic hydroxyl groups excluding tert-OH is 1. The van der Waals surface area contributed by atoms with Gasteiger partial charge in [0.2, 0.25) is 0 Å². The molecule has 2 saturated heterocycles. The van der Waals surface area contributed by atoms with Gasteiger partial charge in [-0.1, -0.05) is 0 Å². The van der Waals surface area contributed by atoms with Crippen LogP contribution in [0.5, 0.6) is 0 Å². The topological polar surface area (TPSA) is 83.6 Å². The number of carbonyl (C=O) groups is 2. The van der Waals surface area contributed by atoms with Gasteiger partial charge in [0.05, 0.1) is 10.1 Å². The summed E-state index contributed by atoms with van der Waals surface area (Å²) in [5, 5.41) is 9.08. The van der Waals surface area contributed by atoms with E-state index in [-0.39, 0.29) is 4.08 Å². The zero-order valence-electron chi connectivity index (χ0n) is 8.67. The van der Waals surface area contributed by atoms with Gasteiger partial charge in [0.1, 0.15) is 6.29 Å². The van der Waals surface area contributed by atoms with Gasteiger partial charge in [0.15, 0.2) is 6.23 Å². The van der Waals surface area contributed by atoms with Crippen LogP contribution in [0.3, 0.4) is 0 Å². The Kier molecular flexibility index (Phi) is 3.48. The Morgan fingerprint density at radius 1 is 1.56 bits per heavy atom. The van der Waals surface area contributed by atoms with Crippen LogP contribution in [0, 0.1) is 0 Å². The van der Waals surface area contributed by atoms with Gasteiger partial charge in [-0.25, -0.2) is 0 Å². The van der Waals surface area contributed by atoms with Crippen LogP contribution in [0.4, 0.5) is 0 Å². The summed E-state index contributed by atoms with van der Waals surface area (Å²) in [7, 11) is 0. The molecule has 0 aromatic rings. The Hall–Kier alpha value is -0.240. The third-order valence-electron chi connectivity index (χ3n) is 2.84. The van der Waals surface area contributed by atoms with Gasteiger partial charge >= 0.3 is 0 Å². The number of rotatable bonds is 2. The van der Waals surface area contributed by atoms with E-state index in [1.165, 1.54) is 4.90 Å². The average molecular weight is 262 g/mol. The Balaban J connectivity index is 2.13. The molecular weight excluding hydrogens is 248 g/mol. The molecule has 16 heavy (non-hydrogen) atoms. The molecule has 1 amide bonds. The van der Waals surface area contributed by atoms with Crippen LogP contribution in [0.1, 0.15) is 6.42 Å². The first kappa shape index (κ1) is 12.2. The van der Waals surface area contributed by atoms with E-state index >= 15 is 0 Å². The minimum absolute atomic E-state index is 0.0594. The fourth-order valence-corrected chi connectivity index (χ4v) is 5.39.